The van der Waals surface area contributed by atoms with Crippen molar-refractivity contribution in [1.82, 2.24) is 15.3 Å². The van der Waals surface area contributed by atoms with Gasteiger partial charge >= 0.3 is 0 Å². The summed E-state index contributed by atoms with van der Waals surface area (Å²) in [6, 6.07) is 4.01. The fraction of sp³-hybridized carbons (Fsp3) is 0.400. The van der Waals surface area contributed by atoms with Gasteiger partial charge in [0.15, 0.2) is 0 Å². The van der Waals surface area contributed by atoms with Gasteiger partial charge in [-0.3, -0.25) is 9.78 Å². The maximum absolute atomic E-state index is 11.7. The summed E-state index contributed by atoms with van der Waals surface area (Å²) in [5.74, 6) is 0.758. The molecule has 0 spiro atoms. The molecular formula is C15H20N4OS. The van der Waals surface area contributed by atoms with E-state index in [0.717, 1.165) is 10.6 Å². The van der Waals surface area contributed by atoms with Gasteiger partial charge in [0.2, 0.25) is 5.91 Å². The van der Waals surface area contributed by atoms with Crippen molar-refractivity contribution in [2.45, 2.75) is 20.8 Å². The van der Waals surface area contributed by atoms with Crippen molar-refractivity contribution in [3.05, 3.63) is 29.9 Å². The van der Waals surface area contributed by atoms with Crippen LogP contribution in [0.1, 0.15) is 20.8 Å². The summed E-state index contributed by atoms with van der Waals surface area (Å²) < 4.78 is 0. The fourth-order valence-electron chi connectivity index (χ4n) is 1.63. The molecule has 2 aromatic rings. The Kier molecular flexibility index (Phi) is 4.90. The minimum absolute atomic E-state index is 0.0442. The number of nitrogens with zero attached hydrogens (tertiary/aromatic N) is 2. The zero-order valence-corrected chi connectivity index (χ0v) is 13.3. The van der Waals surface area contributed by atoms with Crippen molar-refractivity contribution in [3.63, 3.8) is 0 Å². The molecule has 6 heteroatoms. The van der Waals surface area contributed by atoms with E-state index in [0.29, 0.717) is 18.9 Å². The molecule has 0 aliphatic carbocycles. The number of nitrogens with one attached hydrogen (secondary N) is 2. The van der Waals surface area contributed by atoms with E-state index in [-0.39, 0.29) is 11.3 Å². The summed E-state index contributed by atoms with van der Waals surface area (Å²) >= 11 is 1.63. The molecule has 0 fully saturated rings. The van der Waals surface area contributed by atoms with E-state index in [2.05, 4.69) is 20.6 Å². The lowest BCUT2D eigenvalue weighted by Crippen LogP contribution is -2.37. The Morgan fingerprint density at radius 3 is 2.76 bits per heavy atom. The SMILES string of the molecule is CC(C)(C)C(=O)NCCNc1cncc(-c2cccs2)n1. The number of aromatic nitrogens is 2. The van der Waals surface area contributed by atoms with Crippen LogP contribution in [0.25, 0.3) is 10.6 Å². The normalized spacial score (nSPS) is 11.2. The van der Waals surface area contributed by atoms with Crippen LogP contribution in [-0.2, 0) is 4.79 Å². The minimum Gasteiger partial charge on any atom is -0.367 e. The summed E-state index contributed by atoms with van der Waals surface area (Å²) in [7, 11) is 0. The maximum Gasteiger partial charge on any atom is 0.225 e. The van der Waals surface area contributed by atoms with Crippen LogP contribution in [0.2, 0.25) is 0 Å². The largest absolute Gasteiger partial charge is 0.367 e. The topological polar surface area (TPSA) is 66.9 Å². The zero-order chi connectivity index (χ0) is 15.3. The first-order chi connectivity index (χ1) is 9.97. The third-order valence-corrected chi connectivity index (χ3v) is 3.70. The fourth-order valence-corrected chi connectivity index (χ4v) is 2.31. The first kappa shape index (κ1) is 15.4. The minimum atomic E-state index is -0.362. The van der Waals surface area contributed by atoms with Gasteiger partial charge in [0.05, 0.1) is 17.3 Å². The molecule has 0 saturated carbocycles. The van der Waals surface area contributed by atoms with Crippen LogP contribution in [0.15, 0.2) is 29.9 Å². The van der Waals surface area contributed by atoms with Crippen LogP contribution in [-0.4, -0.2) is 29.0 Å². The number of anilines is 1. The number of amides is 1. The number of thiophene rings is 1. The highest BCUT2D eigenvalue weighted by atomic mass is 32.1. The smallest absolute Gasteiger partial charge is 0.225 e. The molecule has 0 aliphatic heterocycles. The van der Waals surface area contributed by atoms with Gasteiger partial charge in [-0.05, 0) is 11.4 Å². The second-order valence-electron chi connectivity index (χ2n) is 5.70. The monoisotopic (exact) mass is 304 g/mol. The molecule has 0 bridgehead atoms. The average Bonchev–Trinajstić information content (AvgIpc) is 2.97. The first-order valence-corrected chi connectivity index (χ1v) is 7.73. The lowest BCUT2D eigenvalue weighted by Gasteiger charge is -2.17. The number of rotatable bonds is 5. The van der Waals surface area contributed by atoms with Crippen molar-refractivity contribution < 1.29 is 4.79 Å². The lowest BCUT2D eigenvalue weighted by atomic mass is 9.96. The molecule has 2 aromatic heterocycles. The highest BCUT2D eigenvalue weighted by Crippen LogP contribution is 2.22. The van der Waals surface area contributed by atoms with E-state index in [4.69, 9.17) is 0 Å². The van der Waals surface area contributed by atoms with Crippen LogP contribution < -0.4 is 10.6 Å². The van der Waals surface area contributed by atoms with E-state index >= 15 is 0 Å². The lowest BCUT2D eigenvalue weighted by molar-refractivity contribution is -0.128. The first-order valence-electron chi connectivity index (χ1n) is 6.85. The quantitative estimate of drug-likeness (QED) is 0.834. The standard InChI is InChI=1S/C15H20N4OS/c1-15(2,3)14(20)18-7-6-17-13-10-16-9-11(19-13)12-5-4-8-21-12/h4-5,8-10H,6-7H2,1-3H3,(H,17,19)(H,18,20). The van der Waals surface area contributed by atoms with E-state index in [1.165, 1.54) is 0 Å². The Labute approximate surface area is 128 Å². The number of hydrogen-bond acceptors (Lipinski definition) is 5. The summed E-state index contributed by atoms with van der Waals surface area (Å²) in [5.41, 5.74) is 0.493. The molecule has 21 heavy (non-hydrogen) atoms. The van der Waals surface area contributed by atoms with Crippen molar-refractivity contribution in [1.29, 1.82) is 0 Å². The van der Waals surface area contributed by atoms with Gasteiger partial charge in [0.1, 0.15) is 11.5 Å². The second-order valence-corrected chi connectivity index (χ2v) is 6.65. The number of carbonyl (C=O) groups is 1. The Bertz CT molecular complexity index is 590. The Morgan fingerprint density at radius 2 is 2.10 bits per heavy atom. The van der Waals surface area contributed by atoms with Gasteiger partial charge in [-0.25, -0.2) is 4.98 Å². The van der Waals surface area contributed by atoms with Gasteiger partial charge in [-0.1, -0.05) is 26.8 Å². The van der Waals surface area contributed by atoms with E-state index in [1.807, 2.05) is 38.3 Å². The molecule has 112 valence electrons. The molecule has 0 atom stereocenters. The van der Waals surface area contributed by atoms with Crippen LogP contribution in [0.4, 0.5) is 5.82 Å². The highest BCUT2D eigenvalue weighted by molar-refractivity contribution is 7.13. The Balaban J connectivity index is 1.84. The van der Waals surface area contributed by atoms with Gasteiger partial charge in [-0.15, -0.1) is 11.3 Å². The van der Waals surface area contributed by atoms with Gasteiger partial charge in [-0.2, -0.15) is 0 Å². The molecule has 0 aliphatic rings. The molecule has 0 aromatic carbocycles. The van der Waals surface area contributed by atoms with Crippen molar-refractivity contribution in [3.8, 4) is 10.6 Å². The molecule has 0 saturated heterocycles. The third-order valence-electron chi connectivity index (χ3n) is 2.81. The van der Waals surface area contributed by atoms with Crippen LogP contribution in [0.5, 0.6) is 0 Å². The van der Waals surface area contributed by atoms with E-state index < -0.39 is 0 Å². The molecule has 2 rings (SSSR count). The van der Waals surface area contributed by atoms with Crippen molar-refractivity contribution >= 4 is 23.1 Å². The predicted octanol–water partition coefficient (Wildman–Crippen LogP) is 2.78. The van der Waals surface area contributed by atoms with Crippen LogP contribution in [0, 0.1) is 5.41 Å². The van der Waals surface area contributed by atoms with Crippen molar-refractivity contribution in [2.24, 2.45) is 5.41 Å². The van der Waals surface area contributed by atoms with Gasteiger partial charge in [0.25, 0.3) is 0 Å². The number of hydrogen-bond donors (Lipinski definition) is 2. The summed E-state index contributed by atoms with van der Waals surface area (Å²) in [4.78, 5) is 21.5. The summed E-state index contributed by atoms with van der Waals surface area (Å²) in [5, 5.41) is 8.07. The molecule has 1 amide bonds. The zero-order valence-electron chi connectivity index (χ0n) is 12.5. The van der Waals surface area contributed by atoms with Crippen molar-refractivity contribution in [2.75, 3.05) is 18.4 Å². The van der Waals surface area contributed by atoms with Gasteiger partial charge in [0, 0.05) is 18.5 Å². The number of carbonyl (C=O) groups excluding carboxylic acids is 1. The Morgan fingerprint density at radius 1 is 1.29 bits per heavy atom. The average molecular weight is 304 g/mol. The van der Waals surface area contributed by atoms with Crippen LogP contribution >= 0.6 is 11.3 Å². The summed E-state index contributed by atoms with van der Waals surface area (Å²) in [6.07, 6.45) is 3.43. The molecular weight excluding hydrogens is 284 g/mol. The van der Waals surface area contributed by atoms with Gasteiger partial charge < -0.3 is 10.6 Å². The third kappa shape index (κ3) is 4.53. The Hall–Kier alpha value is -1.95. The predicted molar refractivity (Wildman–Crippen MR) is 86.3 cm³/mol. The molecule has 2 N–H and O–H groups in total. The summed E-state index contributed by atoms with van der Waals surface area (Å²) in [6.45, 7) is 6.86. The second kappa shape index (κ2) is 6.67. The molecule has 0 unspecified atom stereocenters. The molecule has 2 heterocycles. The van der Waals surface area contributed by atoms with E-state index in [1.54, 1.807) is 23.7 Å². The highest BCUT2D eigenvalue weighted by Gasteiger charge is 2.20. The maximum atomic E-state index is 11.7. The molecule has 0 radical (unpaired) electrons. The molecule has 5 nitrogen and oxygen atoms in total. The van der Waals surface area contributed by atoms with E-state index in [9.17, 15) is 4.79 Å². The van der Waals surface area contributed by atoms with Crippen LogP contribution in [0.3, 0.4) is 0 Å².